The fourth-order valence-electron chi connectivity index (χ4n) is 4.95. The van der Waals surface area contributed by atoms with Crippen molar-refractivity contribution in [1.29, 1.82) is 0 Å². The van der Waals surface area contributed by atoms with Crippen LogP contribution in [0.25, 0.3) is 15.4 Å². The molecule has 8 nitrogen and oxygen atoms in total. The van der Waals surface area contributed by atoms with E-state index < -0.39 is 12.3 Å². The van der Waals surface area contributed by atoms with E-state index in [2.05, 4.69) is 44.0 Å². The summed E-state index contributed by atoms with van der Waals surface area (Å²) in [5, 5.41) is 2.69. The van der Waals surface area contributed by atoms with Gasteiger partial charge in [-0.1, -0.05) is 54.9 Å². The van der Waals surface area contributed by atoms with Gasteiger partial charge >= 0.3 is 12.3 Å². The number of thiazole rings is 1. The number of imidazole rings is 1. The van der Waals surface area contributed by atoms with Gasteiger partial charge in [0.2, 0.25) is 0 Å². The van der Waals surface area contributed by atoms with Crippen LogP contribution in [0.2, 0.25) is 0 Å². The van der Waals surface area contributed by atoms with Crippen molar-refractivity contribution in [3.8, 4) is 21.9 Å². The minimum Gasteiger partial charge on any atom is -0.496 e. The summed E-state index contributed by atoms with van der Waals surface area (Å²) in [6.45, 7) is 3.60. The second kappa shape index (κ2) is 14.4. The van der Waals surface area contributed by atoms with E-state index in [4.69, 9.17) is 4.74 Å². The fourth-order valence-corrected chi connectivity index (χ4v) is 5.93. The Balaban J connectivity index is 0.000000641. The first-order valence-corrected chi connectivity index (χ1v) is 14.8. The van der Waals surface area contributed by atoms with Gasteiger partial charge in [-0.25, -0.2) is 4.98 Å². The van der Waals surface area contributed by atoms with Gasteiger partial charge in [-0.2, -0.15) is 0 Å². The van der Waals surface area contributed by atoms with Crippen molar-refractivity contribution < 1.29 is 37.0 Å². The van der Waals surface area contributed by atoms with E-state index in [-0.39, 0.29) is 24.0 Å². The molecule has 0 unspecified atom stereocenters. The Hall–Kier alpha value is -4.06. The summed E-state index contributed by atoms with van der Waals surface area (Å²) >= 11 is 1.49. The van der Waals surface area contributed by atoms with Crippen molar-refractivity contribution in [2.24, 2.45) is 0 Å². The molecule has 43 heavy (non-hydrogen) atoms. The summed E-state index contributed by atoms with van der Waals surface area (Å²) in [5.74, 6) is -0.0562. The van der Waals surface area contributed by atoms with Crippen LogP contribution in [-0.4, -0.2) is 41.3 Å². The molecule has 12 heteroatoms. The van der Waals surface area contributed by atoms with E-state index in [1.54, 1.807) is 13.1 Å². The van der Waals surface area contributed by atoms with E-state index >= 15 is 0 Å². The van der Waals surface area contributed by atoms with Crippen molar-refractivity contribution in [2.45, 2.75) is 64.8 Å². The number of hydrogen-bond acceptors (Lipinski definition) is 7. The molecule has 1 aliphatic carbocycles. The molecule has 1 saturated carbocycles. The number of carbonyl (C=O) groups excluding carboxylic acids is 2. The largest absolute Gasteiger partial charge is 0.573 e. The van der Waals surface area contributed by atoms with Gasteiger partial charge in [-0.15, -0.1) is 13.2 Å². The Morgan fingerprint density at radius 3 is 2.37 bits per heavy atom. The molecule has 0 aliphatic heterocycles. The highest BCUT2D eigenvalue weighted by Gasteiger charge is 2.31. The molecular weight excluding hydrogens is 583 g/mol. The molecule has 2 aromatic carbocycles. The number of aromatic nitrogens is 2. The molecule has 0 saturated heterocycles. The van der Waals surface area contributed by atoms with Gasteiger partial charge in [0, 0.05) is 31.4 Å². The van der Waals surface area contributed by atoms with E-state index in [0.29, 0.717) is 28.8 Å². The van der Waals surface area contributed by atoms with Gasteiger partial charge < -0.3 is 19.5 Å². The van der Waals surface area contributed by atoms with Crippen LogP contribution in [0.3, 0.4) is 0 Å². The third kappa shape index (κ3) is 8.96. The Labute approximate surface area is 251 Å². The van der Waals surface area contributed by atoms with E-state index in [9.17, 15) is 22.8 Å². The third-order valence-electron chi connectivity index (χ3n) is 6.93. The lowest BCUT2D eigenvalue weighted by Gasteiger charge is -2.22. The number of ether oxygens (including phenoxy) is 3. The lowest BCUT2D eigenvalue weighted by atomic mass is 9.84. The fraction of sp³-hybridized carbons (Fsp3) is 0.387. The van der Waals surface area contributed by atoms with Crippen molar-refractivity contribution >= 4 is 28.2 Å². The first-order valence-electron chi connectivity index (χ1n) is 14.0. The monoisotopic (exact) mass is 617 g/mol. The first kappa shape index (κ1) is 31.9. The zero-order valence-corrected chi connectivity index (χ0v) is 25.0. The molecule has 2 aromatic heterocycles. The standard InChI is InChI=1S/C27H26F3N3O3S.C4H8O2/c1-35-23-12-11-21(36-27(28,29)30)13-20(23)14-31-25(34)22-15-33-16-24(37-26(33)32-22)19-9-7-18(8-10-19)17-5-3-2-4-6-17;1-3-6-4(2)5/h7-13,15-17H,2-6,14H2,1H3,(H,31,34);3H2,1-2H3. The Kier molecular flexibility index (Phi) is 10.7. The Morgan fingerprint density at radius 1 is 1.07 bits per heavy atom. The highest BCUT2D eigenvalue weighted by Crippen LogP contribution is 2.35. The topological polar surface area (TPSA) is 91.2 Å². The normalized spacial score (nSPS) is 13.6. The minimum atomic E-state index is -4.81. The molecular formula is C31H34F3N3O5S. The molecule has 230 valence electrons. The molecule has 0 spiro atoms. The third-order valence-corrected chi connectivity index (χ3v) is 7.98. The maximum Gasteiger partial charge on any atom is 0.573 e. The maximum atomic E-state index is 12.7. The van der Waals surface area contributed by atoms with Gasteiger partial charge in [-0.05, 0) is 55.0 Å². The molecule has 4 aromatic rings. The van der Waals surface area contributed by atoms with Gasteiger partial charge in [0.1, 0.15) is 17.2 Å². The van der Waals surface area contributed by atoms with Crippen LogP contribution < -0.4 is 14.8 Å². The molecule has 2 heterocycles. The van der Waals surface area contributed by atoms with Crippen LogP contribution in [0.4, 0.5) is 13.2 Å². The van der Waals surface area contributed by atoms with Gasteiger partial charge in [0.15, 0.2) is 4.96 Å². The second-order valence-electron chi connectivity index (χ2n) is 10.00. The summed E-state index contributed by atoms with van der Waals surface area (Å²) in [4.78, 5) is 28.7. The number of hydrogen-bond donors (Lipinski definition) is 1. The molecule has 1 amide bonds. The predicted molar refractivity (Wildman–Crippen MR) is 157 cm³/mol. The van der Waals surface area contributed by atoms with E-state index in [0.717, 1.165) is 16.5 Å². The summed E-state index contributed by atoms with van der Waals surface area (Å²) in [6, 6.07) is 12.4. The van der Waals surface area contributed by atoms with Crippen LogP contribution in [0.5, 0.6) is 11.5 Å². The minimum absolute atomic E-state index is 0.0547. The van der Waals surface area contributed by atoms with Crippen molar-refractivity contribution in [3.05, 3.63) is 71.7 Å². The molecule has 0 atom stereocenters. The zero-order chi connectivity index (χ0) is 31.0. The highest BCUT2D eigenvalue weighted by atomic mass is 32.1. The van der Waals surface area contributed by atoms with Gasteiger partial charge in [0.05, 0.1) is 18.6 Å². The highest BCUT2D eigenvalue weighted by molar-refractivity contribution is 7.20. The number of halogens is 3. The van der Waals surface area contributed by atoms with E-state index in [1.807, 2.05) is 10.6 Å². The van der Waals surface area contributed by atoms with Crippen LogP contribution in [0, 0.1) is 0 Å². The molecule has 1 aliphatic rings. The van der Waals surface area contributed by atoms with Crippen molar-refractivity contribution in [2.75, 3.05) is 13.7 Å². The van der Waals surface area contributed by atoms with Crippen LogP contribution >= 0.6 is 11.3 Å². The number of benzene rings is 2. The number of nitrogens with zero attached hydrogens (tertiary/aromatic N) is 2. The average Bonchev–Trinajstić information content (AvgIpc) is 3.56. The lowest BCUT2D eigenvalue weighted by molar-refractivity contribution is -0.274. The maximum absolute atomic E-state index is 12.7. The Bertz CT molecular complexity index is 1490. The molecule has 1 fully saturated rings. The van der Waals surface area contributed by atoms with Crippen molar-refractivity contribution in [3.63, 3.8) is 0 Å². The summed E-state index contributed by atoms with van der Waals surface area (Å²) in [6.07, 6.45) is 5.23. The lowest BCUT2D eigenvalue weighted by Crippen LogP contribution is -2.23. The molecule has 5 rings (SSSR count). The number of esters is 1. The zero-order valence-electron chi connectivity index (χ0n) is 24.2. The molecule has 1 N–H and O–H groups in total. The van der Waals surface area contributed by atoms with Gasteiger partial charge in [-0.3, -0.25) is 14.0 Å². The molecule has 0 bridgehead atoms. The summed E-state index contributed by atoms with van der Waals surface area (Å²) < 4.78 is 53.1. The number of methoxy groups -OCH3 is 1. The summed E-state index contributed by atoms with van der Waals surface area (Å²) in [7, 11) is 1.40. The molecule has 0 radical (unpaired) electrons. The Morgan fingerprint density at radius 2 is 1.79 bits per heavy atom. The van der Waals surface area contributed by atoms with Crippen LogP contribution in [0.15, 0.2) is 54.9 Å². The predicted octanol–water partition coefficient (Wildman–Crippen LogP) is 7.52. The van der Waals surface area contributed by atoms with E-state index in [1.165, 1.54) is 75.2 Å². The second-order valence-corrected chi connectivity index (χ2v) is 11.0. The summed E-state index contributed by atoms with van der Waals surface area (Å²) in [5.41, 5.74) is 3.06. The number of alkyl halides is 3. The number of rotatable bonds is 8. The first-order chi connectivity index (χ1) is 20.6. The van der Waals surface area contributed by atoms with Crippen molar-refractivity contribution in [1.82, 2.24) is 14.7 Å². The number of carbonyl (C=O) groups is 2. The SMILES string of the molecule is CCOC(C)=O.COc1ccc(OC(F)(F)F)cc1CNC(=O)c1cn2cc(-c3ccc(C4CCCCC4)cc3)sc2n1. The quantitative estimate of drug-likeness (QED) is 0.206. The number of fused-ring (bicyclic) bond motifs is 1. The van der Waals surface area contributed by atoms with Crippen LogP contribution in [0.1, 0.15) is 73.5 Å². The van der Waals surface area contributed by atoms with Gasteiger partial charge in [0.25, 0.3) is 5.91 Å². The number of nitrogens with one attached hydrogen (secondary N) is 1. The smallest absolute Gasteiger partial charge is 0.496 e. The van der Waals surface area contributed by atoms with Crippen LogP contribution in [-0.2, 0) is 16.1 Å². The number of amides is 1. The average molecular weight is 618 g/mol.